The van der Waals surface area contributed by atoms with Gasteiger partial charge in [-0.05, 0) is 51.0 Å². The monoisotopic (exact) mass is 370 g/mol. The Bertz CT molecular complexity index is 688. The number of amides is 2. The standard InChI is InChI=1S/C22H30N2O3/c1-16-2-4-17(5-3-16)14-20(25)24-11-9-22(10-12-24)15-19(8-13-27-22)23-21(26)18-6-7-18/h2-5,18-19H,6-15H2,1H3,(H,23,26)/t19-/m0/s1. The van der Waals surface area contributed by atoms with Gasteiger partial charge in [0.25, 0.3) is 0 Å². The molecule has 1 aromatic rings. The van der Waals surface area contributed by atoms with Crippen LogP contribution in [-0.2, 0) is 20.7 Å². The van der Waals surface area contributed by atoms with Gasteiger partial charge in [0.05, 0.1) is 12.0 Å². The van der Waals surface area contributed by atoms with Gasteiger partial charge in [-0.3, -0.25) is 9.59 Å². The van der Waals surface area contributed by atoms with Crippen LogP contribution in [0.4, 0.5) is 0 Å². The number of nitrogens with zero attached hydrogens (tertiary/aromatic N) is 1. The summed E-state index contributed by atoms with van der Waals surface area (Å²) in [5.41, 5.74) is 2.12. The summed E-state index contributed by atoms with van der Waals surface area (Å²) in [5, 5.41) is 3.22. The van der Waals surface area contributed by atoms with Crippen molar-refractivity contribution >= 4 is 11.8 Å². The summed E-state index contributed by atoms with van der Waals surface area (Å²) in [4.78, 5) is 26.7. The Morgan fingerprint density at radius 2 is 1.85 bits per heavy atom. The molecule has 3 fully saturated rings. The summed E-state index contributed by atoms with van der Waals surface area (Å²) in [6.07, 6.45) is 6.05. The largest absolute Gasteiger partial charge is 0.375 e. The minimum atomic E-state index is -0.166. The lowest BCUT2D eigenvalue weighted by Gasteiger charge is -2.46. The van der Waals surface area contributed by atoms with Crippen molar-refractivity contribution in [1.29, 1.82) is 0 Å². The number of benzene rings is 1. The Morgan fingerprint density at radius 3 is 2.52 bits per heavy atom. The maximum absolute atomic E-state index is 12.6. The summed E-state index contributed by atoms with van der Waals surface area (Å²) in [6.45, 7) is 4.25. The maximum Gasteiger partial charge on any atom is 0.226 e. The van der Waals surface area contributed by atoms with Gasteiger partial charge < -0.3 is 15.0 Å². The number of likely N-dealkylation sites (tertiary alicyclic amines) is 1. The van der Waals surface area contributed by atoms with Gasteiger partial charge in [0.1, 0.15) is 0 Å². The topological polar surface area (TPSA) is 58.6 Å². The number of carbonyl (C=O) groups excluding carboxylic acids is 2. The molecule has 0 radical (unpaired) electrons. The number of carbonyl (C=O) groups is 2. The molecule has 1 N–H and O–H groups in total. The molecule has 0 bridgehead atoms. The predicted octanol–water partition coefficient (Wildman–Crippen LogP) is 2.60. The first-order chi connectivity index (χ1) is 13.0. The zero-order chi connectivity index (χ0) is 18.9. The quantitative estimate of drug-likeness (QED) is 0.886. The molecule has 0 aromatic heterocycles. The van der Waals surface area contributed by atoms with E-state index in [-0.39, 0.29) is 29.4 Å². The van der Waals surface area contributed by atoms with E-state index in [4.69, 9.17) is 4.74 Å². The highest BCUT2D eigenvalue weighted by Crippen LogP contribution is 2.36. The van der Waals surface area contributed by atoms with Crippen molar-refractivity contribution in [1.82, 2.24) is 10.2 Å². The van der Waals surface area contributed by atoms with E-state index in [1.54, 1.807) is 0 Å². The van der Waals surface area contributed by atoms with Crippen LogP contribution in [0.3, 0.4) is 0 Å². The Kier molecular flexibility index (Phi) is 5.22. The van der Waals surface area contributed by atoms with Crippen LogP contribution >= 0.6 is 0 Å². The highest BCUT2D eigenvalue weighted by atomic mass is 16.5. The molecule has 1 saturated carbocycles. The summed E-state index contributed by atoms with van der Waals surface area (Å²) in [5.74, 6) is 0.677. The van der Waals surface area contributed by atoms with Gasteiger partial charge in [-0.25, -0.2) is 0 Å². The molecular weight excluding hydrogens is 340 g/mol. The molecule has 5 heteroatoms. The van der Waals surface area contributed by atoms with E-state index in [1.807, 2.05) is 17.0 Å². The highest BCUT2D eigenvalue weighted by molar-refractivity contribution is 5.81. The molecule has 1 spiro atoms. The zero-order valence-corrected chi connectivity index (χ0v) is 16.2. The molecule has 2 saturated heterocycles. The maximum atomic E-state index is 12.6. The number of hydrogen-bond donors (Lipinski definition) is 1. The van der Waals surface area contributed by atoms with E-state index in [0.29, 0.717) is 13.0 Å². The van der Waals surface area contributed by atoms with Crippen molar-refractivity contribution in [3.8, 4) is 0 Å². The summed E-state index contributed by atoms with van der Waals surface area (Å²) >= 11 is 0. The Labute approximate surface area is 161 Å². The molecule has 4 rings (SSSR count). The van der Waals surface area contributed by atoms with Gasteiger partial charge in [-0.1, -0.05) is 29.8 Å². The zero-order valence-electron chi connectivity index (χ0n) is 16.2. The number of piperidine rings is 1. The average molecular weight is 370 g/mol. The van der Waals surface area contributed by atoms with Crippen LogP contribution in [-0.4, -0.2) is 48.1 Å². The van der Waals surface area contributed by atoms with Crippen LogP contribution in [0.25, 0.3) is 0 Å². The number of hydrogen-bond acceptors (Lipinski definition) is 3. The number of aryl methyl sites for hydroxylation is 1. The fraction of sp³-hybridized carbons (Fsp3) is 0.636. The van der Waals surface area contributed by atoms with Crippen molar-refractivity contribution in [3.05, 3.63) is 35.4 Å². The van der Waals surface area contributed by atoms with Crippen molar-refractivity contribution in [3.63, 3.8) is 0 Å². The van der Waals surface area contributed by atoms with E-state index >= 15 is 0 Å². The van der Waals surface area contributed by atoms with Gasteiger partial charge >= 0.3 is 0 Å². The third-order valence-electron chi connectivity index (χ3n) is 6.29. The van der Waals surface area contributed by atoms with Crippen LogP contribution in [0.15, 0.2) is 24.3 Å². The smallest absolute Gasteiger partial charge is 0.226 e. The molecule has 1 atom stereocenters. The molecule has 1 aromatic carbocycles. The number of ether oxygens (including phenoxy) is 1. The SMILES string of the molecule is Cc1ccc(CC(=O)N2CCC3(CC2)C[C@@H](NC(=O)C2CC2)CCO3)cc1. The predicted molar refractivity (Wildman–Crippen MR) is 103 cm³/mol. The van der Waals surface area contributed by atoms with Gasteiger partial charge in [-0.2, -0.15) is 0 Å². The van der Waals surface area contributed by atoms with Gasteiger partial charge in [0.2, 0.25) is 11.8 Å². The number of nitrogens with one attached hydrogen (secondary N) is 1. The molecule has 27 heavy (non-hydrogen) atoms. The normalized spacial score (nSPS) is 24.6. The Balaban J connectivity index is 1.28. The highest BCUT2D eigenvalue weighted by Gasteiger charge is 2.42. The Morgan fingerprint density at radius 1 is 1.15 bits per heavy atom. The first-order valence-corrected chi connectivity index (χ1v) is 10.3. The van der Waals surface area contributed by atoms with Crippen molar-refractivity contribution < 1.29 is 14.3 Å². The number of rotatable bonds is 4. The van der Waals surface area contributed by atoms with E-state index in [2.05, 4.69) is 24.4 Å². The van der Waals surface area contributed by atoms with E-state index in [9.17, 15) is 9.59 Å². The first-order valence-electron chi connectivity index (χ1n) is 10.3. The fourth-order valence-corrected chi connectivity index (χ4v) is 4.32. The molecule has 1 aliphatic carbocycles. The van der Waals surface area contributed by atoms with Crippen molar-refractivity contribution in [2.24, 2.45) is 5.92 Å². The molecule has 146 valence electrons. The van der Waals surface area contributed by atoms with Crippen molar-refractivity contribution in [2.45, 2.75) is 63.5 Å². The van der Waals surface area contributed by atoms with E-state index < -0.39 is 0 Å². The summed E-state index contributed by atoms with van der Waals surface area (Å²) in [7, 11) is 0. The third-order valence-corrected chi connectivity index (χ3v) is 6.29. The summed E-state index contributed by atoms with van der Waals surface area (Å²) in [6, 6.07) is 8.41. The molecule has 2 heterocycles. The second kappa shape index (κ2) is 7.63. The molecule has 2 aliphatic heterocycles. The van der Waals surface area contributed by atoms with Gasteiger partial charge in [0, 0.05) is 31.7 Å². The first kappa shape index (κ1) is 18.5. The van der Waals surface area contributed by atoms with Crippen molar-refractivity contribution in [2.75, 3.05) is 19.7 Å². The van der Waals surface area contributed by atoms with Crippen LogP contribution in [0, 0.1) is 12.8 Å². The van der Waals surface area contributed by atoms with E-state index in [1.165, 1.54) is 5.56 Å². The molecule has 5 nitrogen and oxygen atoms in total. The lowest BCUT2D eigenvalue weighted by Crippen LogP contribution is -2.54. The second-order valence-electron chi connectivity index (χ2n) is 8.55. The lowest BCUT2D eigenvalue weighted by atomic mass is 9.82. The molecule has 3 aliphatic rings. The van der Waals surface area contributed by atoms with Crippen LogP contribution in [0.5, 0.6) is 0 Å². The fourth-order valence-electron chi connectivity index (χ4n) is 4.32. The van der Waals surface area contributed by atoms with Gasteiger partial charge in [-0.15, -0.1) is 0 Å². The second-order valence-corrected chi connectivity index (χ2v) is 8.55. The Hall–Kier alpha value is -1.88. The van der Waals surface area contributed by atoms with Crippen LogP contribution < -0.4 is 5.32 Å². The minimum absolute atomic E-state index is 0.166. The lowest BCUT2D eigenvalue weighted by molar-refractivity contribution is -0.145. The minimum Gasteiger partial charge on any atom is -0.375 e. The molecule has 2 amide bonds. The van der Waals surface area contributed by atoms with E-state index in [0.717, 1.165) is 57.2 Å². The van der Waals surface area contributed by atoms with Crippen LogP contribution in [0.1, 0.15) is 49.7 Å². The third kappa shape index (κ3) is 4.52. The average Bonchev–Trinajstić information content (AvgIpc) is 3.50. The van der Waals surface area contributed by atoms with Gasteiger partial charge in [0.15, 0.2) is 0 Å². The molecular formula is C22H30N2O3. The summed E-state index contributed by atoms with van der Waals surface area (Å²) < 4.78 is 6.16. The molecule has 0 unspecified atom stereocenters. The van der Waals surface area contributed by atoms with Crippen LogP contribution in [0.2, 0.25) is 0 Å².